The molecule has 1 aliphatic rings. The van der Waals surface area contributed by atoms with E-state index in [9.17, 15) is 4.79 Å². The van der Waals surface area contributed by atoms with Gasteiger partial charge in [-0.15, -0.1) is 0 Å². The number of nitrogens with one attached hydrogen (secondary N) is 2. The van der Waals surface area contributed by atoms with Gasteiger partial charge in [0.25, 0.3) is 0 Å². The lowest BCUT2D eigenvalue weighted by Gasteiger charge is -2.36. The fourth-order valence-electron chi connectivity index (χ4n) is 4.47. The molecule has 7 nitrogen and oxygen atoms in total. The van der Waals surface area contributed by atoms with Gasteiger partial charge in [-0.05, 0) is 54.8 Å². The number of piperazine rings is 1. The highest BCUT2D eigenvalue weighted by Gasteiger charge is 2.19. The lowest BCUT2D eigenvalue weighted by molar-refractivity contribution is 0.246. The van der Waals surface area contributed by atoms with Crippen molar-refractivity contribution in [3.05, 3.63) is 72.8 Å². The van der Waals surface area contributed by atoms with E-state index in [0.717, 1.165) is 79.6 Å². The molecule has 0 unspecified atom stereocenters. The summed E-state index contributed by atoms with van der Waals surface area (Å²) < 4.78 is 10.9. The SMILES string of the molecule is COc1ccc(N2CCN(CCCCNC(=O)Nc3ccc(-c4ccccc4)cc3)CC2)c(OC)c1. The summed E-state index contributed by atoms with van der Waals surface area (Å²) in [7, 11) is 3.37. The Balaban J connectivity index is 1.11. The molecule has 1 saturated heterocycles. The van der Waals surface area contributed by atoms with Crippen molar-refractivity contribution in [2.45, 2.75) is 12.8 Å². The van der Waals surface area contributed by atoms with E-state index in [2.05, 4.69) is 38.6 Å². The molecule has 1 aliphatic heterocycles. The topological polar surface area (TPSA) is 66.1 Å². The molecule has 0 radical (unpaired) electrons. The van der Waals surface area contributed by atoms with Gasteiger partial charge in [-0.3, -0.25) is 4.90 Å². The number of unbranched alkanes of at least 4 members (excludes halogenated alkanes) is 1. The number of ether oxygens (including phenoxy) is 2. The Labute approximate surface area is 214 Å². The fourth-order valence-corrected chi connectivity index (χ4v) is 4.47. The molecule has 190 valence electrons. The average Bonchev–Trinajstić information content (AvgIpc) is 2.93. The highest BCUT2D eigenvalue weighted by atomic mass is 16.5. The summed E-state index contributed by atoms with van der Waals surface area (Å²) in [4.78, 5) is 17.1. The van der Waals surface area contributed by atoms with Crippen molar-refractivity contribution >= 4 is 17.4 Å². The van der Waals surface area contributed by atoms with Gasteiger partial charge in [-0.25, -0.2) is 4.79 Å². The Morgan fingerprint density at radius 1 is 0.833 bits per heavy atom. The largest absolute Gasteiger partial charge is 0.497 e. The summed E-state index contributed by atoms with van der Waals surface area (Å²) in [6.07, 6.45) is 2.00. The first kappa shape index (κ1) is 25.4. The second-order valence-corrected chi connectivity index (χ2v) is 8.90. The molecule has 0 saturated carbocycles. The van der Waals surface area contributed by atoms with Crippen molar-refractivity contribution in [2.75, 3.05) is 63.7 Å². The standard InChI is InChI=1S/C29H36N4O3/c1-35-26-14-15-27(28(22-26)36-2)33-20-18-32(19-21-33)17-7-6-16-30-29(34)31-25-12-10-24(11-13-25)23-8-4-3-5-9-23/h3-5,8-15,22H,6-7,16-21H2,1-2H3,(H2,30,31,34). The summed E-state index contributed by atoms with van der Waals surface area (Å²) in [5.41, 5.74) is 4.20. The molecule has 1 fully saturated rings. The zero-order chi connectivity index (χ0) is 25.2. The molecule has 36 heavy (non-hydrogen) atoms. The van der Waals surface area contributed by atoms with Crippen LogP contribution in [0.5, 0.6) is 11.5 Å². The zero-order valence-corrected chi connectivity index (χ0v) is 21.2. The van der Waals surface area contributed by atoms with Gasteiger partial charge in [0.1, 0.15) is 11.5 Å². The van der Waals surface area contributed by atoms with E-state index in [1.54, 1.807) is 14.2 Å². The van der Waals surface area contributed by atoms with Gasteiger partial charge in [0, 0.05) is 44.5 Å². The summed E-state index contributed by atoms with van der Waals surface area (Å²) in [5.74, 6) is 1.65. The first-order valence-electron chi connectivity index (χ1n) is 12.6. The zero-order valence-electron chi connectivity index (χ0n) is 21.2. The van der Waals surface area contributed by atoms with Crippen molar-refractivity contribution < 1.29 is 14.3 Å². The molecule has 2 N–H and O–H groups in total. The monoisotopic (exact) mass is 488 g/mol. The number of amides is 2. The lowest BCUT2D eigenvalue weighted by Crippen LogP contribution is -2.46. The minimum absolute atomic E-state index is 0.162. The number of anilines is 2. The quantitative estimate of drug-likeness (QED) is 0.389. The number of hydrogen-bond acceptors (Lipinski definition) is 5. The second kappa shape index (κ2) is 12.8. The van der Waals surface area contributed by atoms with E-state index < -0.39 is 0 Å². The van der Waals surface area contributed by atoms with Crippen molar-refractivity contribution in [3.8, 4) is 22.6 Å². The lowest BCUT2D eigenvalue weighted by atomic mass is 10.1. The summed E-state index contributed by atoms with van der Waals surface area (Å²) in [6, 6.07) is 23.9. The number of methoxy groups -OCH3 is 2. The van der Waals surface area contributed by atoms with Crippen LogP contribution < -0.4 is 25.0 Å². The van der Waals surface area contributed by atoms with Crippen molar-refractivity contribution in [1.29, 1.82) is 0 Å². The van der Waals surface area contributed by atoms with Crippen LogP contribution in [-0.2, 0) is 0 Å². The van der Waals surface area contributed by atoms with E-state index in [-0.39, 0.29) is 6.03 Å². The van der Waals surface area contributed by atoms with E-state index in [1.165, 1.54) is 0 Å². The van der Waals surface area contributed by atoms with E-state index >= 15 is 0 Å². The molecule has 0 spiro atoms. The molecular weight excluding hydrogens is 452 g/mol. The number of rotatable bonds is 10. The average molecular weight is 489 g/mol. The Morgan fingerprint density at radius 2 is 1.56 bits per heavy atom. The first-order chi connectivity index (χ1) is 17.7. The van der Waals surface area contributed by atoms with Crippen LogP contribution in [0, 0.1) is 0 Å². The summed E-state index contributed by atoms with van der Waals surface area (Å²) in [6.45, 7) is 5.66. The molecule has 1 heterocycles. The van der Waals surface area contributed by atoms with Gasteiger partial charge in [-0.2, -0.15) is 0 Å². The number of benzene rings is 3. The van der Waals surface area contributed by atoms with Crippen LogP contribution in [0.4, 0.5) is 16.2 Å². The molecule has 0 atom stereocenters. The third-order valence-electron chi connectivity index (χ3n) is 6.54. The van der Waals surface area contributed by atoms with E-state index in [0.29, 0.717) is 6.54 Å². The minimum atomic E-state index is -0.162. The smallest absolute Gasteiger partial charge is 0.319 e. The van der Waals surface area contributed by atoms with E-state index in [4.69, 9.17) is 9.47 Å². The molecule has 7 heteroatoms. The van der Waals surface area contributed by atoms with Crippen LogP contribution in [0.1, 0.15) is 12.8 Å². The molecule has 4 rings (SSSR count). The van der Waals surface area contributed by atoms with Gasteiger partial charge in [0.15, 0.2) is 0 Å². The van der Waals surface area contributed by atoms with Gasteiger partial charge < -0.3 is 25.0 Å². The highest BCUT2D eigenvalue weighted by Crippen LogP contribution is 2.32. The summed E-state index contributed by atoms with van der Waals surface area (Å²) in [5, 5.41) is 5.88. The predicted molar refractivity (Wildman–Crippen MR) is 146 cm³/mol. The number of hydrogen-bond donors (Lipinski definition) is 2. The first-order valence-corrected chi connectivity index (χ1v) is 12.6. The normalized spacial score (nSPS) is 13.8. The van der Waals surface area contributed by atoms with Crippen LogP contribution in [0.3, 0.4) is 0 Å². The highest BCUT2D eigenvalue weighted by molar-refractivity contribution is 5.89. The van der Waals surface area contributed by atoms with Gasteiger partial charge in [0.05, 0.1) is 19.9 Å². The van der Waals surface area contributed by atoms with Crippen LogP contribution in [-0.4, -0.2) is 64.4 Å². The molecule has 3 aromatic carbocycles. The maximum atomic E-state index is 12.2. The Morgan fingerprint density at radius 3 is 2.25 bits per heavy atom. The third kappa shape index (κ3) is 6.92. The van der Waals surface area contributed by atoms with Gasteiger partial charge in [-0.1, -0.05) is 42.5 Å². The molecular formula is C29H36N4O3. The second-order valence-electron chi connectivity index (χ2n) is 8.90. The van der Waals surface area contributed by atoms with Crippen LogP contribution in [0.25, 0.3) is 11.1 Å². The molecule has 0 aliphatic carbocycles. The van der Waals surface area contributed by atoms with Crippen molar-refractivity contribution in [1.82, 2.24) is 10.2 Å². The van der Waals surface area contributed by atoms with Crippen LogP contribution in [0.2, 0.25) is 0 Å². The van der Waals surface area contributed by atoms with Gasteiger partial charge in [0.2, 0.25) is 0 Å². The summed E-state index contributed by atoms with van der Waals surface area (Å²) >= 11 is 0. The predicted octanol–water partition coefficient (Wildman–Crippen LogP) is 5.09. The Bertz CT molecular complexity index is 1100. The Hall–Kier alpha value is -3.71. The van der Waals surface area contributed by atoms with Crippen molar-refractivity contribution in [3.63, 3.8) is 0 Å². The Kier molecular flexibility index (Phi) is 9.05. The minimum Gasteiger partial charge on any atom is -0.497 e. The fraction of sp³-hybridized carbons (Fsp3) is 0.345. The molecule has 0 aromatic heterocycles. The molecule has 0 bridgehead atoms. The van der Waals surface area contributed by atoms with Gasteiger partial charge >= 0.3 is 6.03 Å². The van der Waals surface area contributed by atoms with Crippen LogP contribution in [0.15, 0.2) is 72.8 Å². The maximum Gasteiger partial charge on any atom is 0.319 e. The maximum absolute atomic E-state index is 12.2. The number of carbonyl (C=O) groups is 1. The number of nitrogens with zero attached hydrogens (tertiary/aromatic N) is 2. The third-order valence-corrected chi connectivity index (χ3v) is 6.54. The van der Waals surface area contributed by atoms with E-state index in [1.807, 2.05) is 54.6 Å². The van der Waals surface area contributed by atoms with Crippen LogP contribution >= 0.6 is 0 Å². The number of carbonyl (C=O) groups excluding carboxylic acids is 1. The molecule has 2 amide bonds. The molecule has 3 aromatic rings. The number of urea groups is 1. The van der Waals surface area contributed by atoms with Crippen molar-refractivity contribution in [2.24, 2.45) is 0 Å².